The number of ether oxygens (including phenoxy) is 3. The number of amides is 1. The molecule has 0 unspecified atom stereocenters. The summed E-state index contributed by atoms with van der Waals surface area (Å²) in [5, 5.41) is 9.31. The number of methoxy groups -OCH3 is 2. The van der Waals surface area contributed by atoms with Crippen LogP contribution < -0.4 is 25.4 Å². The van der Waals surface area contributed by atoms with E-state index in [1.54, 1.807) is 32.4 Å². The van der Waals surface area contributed by atoms with Crippen LogP contribution in [0.5, 0.6) is 11.5 Å². The molecule has 0 aliphatic heterocycles. The van der Waals surface area contributed by atoms with Crippen molar-refractivity contribution >= 4 is 56.4 Å². The number of halogens is 1. The Bertz CT molecular complexity index is 878. The van der Waals surface area contributed by atoms with Crippen LogP contribution in [0.1, 0.15) is 32.6 Å². The van der Waals surface area contributed by atoms with Gasteiger partial charge in [-0.2, -0.15) is 0 Å². The van der Waals surface area contributed by atoms with Crippen molar-refractivity contribution in [1.82, 2.24) is 0 Å². The maximum Gasteiger partial charge on any atom is 0.411 e. The minimum absolute atomic E-state index is 0.391. The van der Waals surface area contributed by atoms with Crippen molar-refractivity contribution in [2.45, 2.75) is 32.6 Å². The van der Waals surface area contributed by atoms with Crippen LogP contribution in [0.25, 0.3) is 0 Å². The van der Waals surface area contributed by atoms with E-state index in [2.05, 4.69) is 38.8 Å². The van der Waals surface area contributed by atoms with E-state index in [1.165, 1.54) is 0 Å². The van der Waals surface area contributed by atoms with Gasteiger partial charge in [0.15, 0.2) is 5.11 Å². The fourth-order valence-corrected chi connectivity index (χ4v) is 3.46. The van der Waals surface area contributed by atoms with Crippen LogP contribution in [0.4, 0.5) is 21.9 Å². The lowest BCUT2D eigenvalue weighted by Crippen LogP contribution is -2.19. The van der Waals surface area contributed by atoms with Crippen LogP contribution in [-0.4, -0.2) is 32.0 Å². The largest absolute Gasteiger partial charge is 0.495 e. The van der Waals surface area contributed by atoms with E-state index in [0.717, 1.165) is 35.8 Å². The number of hydrogen-bond donors (Lipinski definition) is 3. The number of benzene rings is 2. The summed E-state index contributed by atoms with van der Waals surface area (Å²) in [7, 11) is 3.16. The number of carbonyl (C=O) groups is 1. The quantitative estimate of drug-likeness (QED) is 0.252. The average molecular weight is 510 g/mol. The second-order valence-corrected chi connectivity index (χ2v) is 7.93. The van der Waals surface area contributed by atoms with Gasteiger partial charge in [-0.15, -0.1) is 0 Å². The maximum absolute atomic E-state index is 11.8. The molecule has 9 heteroatoms. The highest BCUT2D eigenvalue weighted by Crippen LogP contribution is 2.36. The van der Waals surface area contributed by atoms with Gasteiger partial charge in [0.1, 0.15) is 11.5 Å². The Kier molecular flexibility index (Phi) is 10.4. The highest BCUT2D eigenvalue weighted by atomic mass is 79.9. The van der Waals surface area contributed by atoms with Gasteiger partial charge in [0.2, 0.25) is 0 Å². The van der Waals surface area contributed by atoms with E-state index in [0.29, 0.717) is 34.6 Å². The smallest absolute Gasteiger partial charge is 0.411 e. The minimum atomic E-state index is -0.452. The van der Waals surface area contributed by atoms with Crippen molar-refractivity contribution in [3.63, 3.8) is 0 Å². The molecule has 168 valence electrons. The van der Waals surface area contributed by atoms with E-state index in [1.807, 2.05) is 18.2 Å². The molecule has 0 heterocycles. The molecule has 0 aliphatic rings. The number of carbonyl (C=O) groups excluding carboxylic acids is 1. The normalized spacial score (nSPS) is 10.2. The lowest BCUT2D eigenvalue weighted by atomic mass is 10.2. The van der Waals surface area contributed by atoms with Crippen LogP contribution in [0.15, 0.2) is 40.9 Å². The van der Waals surface area contributed by atoms with Crippen LogP contribution in [0.2, 0.25) is 0 Å². The lowest BCUT2D eigenvalue weighted by Gasteiger charge is -2.15. The molecule has 7 nitrogen and oxygen atoms in total. The Hall–Kier alpha value is -2.52. The molecule has 3 N–H and O–H groups in total. The highest BCUT2D eigenvalue weighted by Gasteiger charge is 2.11. The molecule has 0 saturated carbocycles. The lowest BCUT2D eigenvalue weighted by molar-refractivity contribution is 0.159. The summed E-state index contributed by atoms with van der Waals surface area (Å²) < 4.78 is 16.6. The first-order chi connectivity index (χ1) is 15.0. The Morgan fingerprint density at radius 2 is 1.58 bits per heavy atom. The fourth-order valence-electron chi connectivity index (χ4n) is 2.73. The highest BCUT2D eigenvalue weighted by molar-refractivity contribution is 9.10. The fraction of sp³-hybridized carbons (Fsp3) is 0.364. The summed E-state index contributed by atoms with van der Waals surface area (Å²) >= 11 is 8.85. The zero-order valence-electron chi connectivity index (χ0n) is 17.9. The molecule has 0 fully saturated rings. The zero-order valence-corrected chi connectivity index (χ0v) is 20.3. The second-order valence-electron chi connectivity index (χ2n) is 6.67. The molecule has 0 saturated heterocycles. The van der Waals surface area contributed by atoms with Crippen molar-refractivity contribution in [2.24, 2.45) is 0 Å². The molecular weight excluding hydrogens is 482 g/mol. The molecular formula is C22H28BrN3O4S. The molecule has 0 aliphatic carbocycles. The molecule has 31 heavy (non-hydrogen) atoms. The van der Waals surface area contributed by atoms with Crippen molar-refractivity contribution in [1.29, 1.82) is 0 Å². The SMILES string of the molecule is CCCCCCOC(=O)Nc1ccc(NC(=S)Nc2cc(Br)c(OC)cc2OC)cc1. The molecule has 0 bridgehead atoms. The maximum atomic E-state index is 11.8. The van der Waals surface area contributed by atoms with E-state index in [4.69, 9.17) is 26.4 Å². The number of nitrogens with one attached hydrogen (secondary N) is 3. The topological polar surface area (TPSA) is 80.9 Å². The summed E-state index contributed by atoms with van der Waals surface area (Å²) in [6.07, 6.45) is 3.79. The number of thiocarbonyl (C=S) groups is 1. The van der Waals surface area contributed by atoms with Gasteiger partial charge in [-0.3, -0.25) is 5.32 Å². The van der Waals surface area contributed by atoms with Gasteiger partial charge in [0.05, 0.1) is 31.0 Å². The molecule has 1 amide bonds. The van der Waals surface area contributed by atoms with E-state index >= 15 is 0 Å². The standard InChI is InChI=1S/C22H28BrN3O4S/c1-4-5-6-7-12-30-22(27)25-16-10-8-15(9-11-16)24-21(31)26-18-13-17(23)19(28-2)14-20(18)29-3/h8-11,13-14H,4-7,12H2,1-3H3,(H,25,27)(H2,24,26,31). The summed E-state index contributed by atoms with van der Waals surface area (Å²) in [6.45, 7) is 2.57. The Morgan fingerprint density at radius 1 is 0.935 bits per heavy atom. The average Bonchev–Trinajstić information content (AvgIpc) is 2.75. The Labute approximate surface area is 197 Å². The summed E-state index contributed by atoms with van der Waals surface area (Å²) in [4.78, 5) is 11.8. The third kappa shape index (κ3) is 8.26. The molecule has 0 aromatic heterocycles. The minimum Gasteiger partial charge on any atom is -0.495 e. The van der Waals surface area contributed by atoms with Crippen molar-refractivity contribution in [2.75, 3.05) is 36.8 Å². The Morgan fingerprint density at radius 3 is 2.19 bits per heavy atom. The molecule has 2 aromatic carbocycles. The van der Waals surface area contributed by atoms with Crippen molar-refractivity contribution < 1.29 is 19.0 Å². The van der Waals surface area contributed by atoms with Gasteiger partial charge in [0, 0.05) is 17.4 Å². The summed E-state index contributed by atoms with van der Waals surface area (Å²) in [5.41, 5.74) is 2.10. The van der Waals surface area contributed by atoms with Gasteiger partial charge in [-0.05, 0) is 64.9 Å². The second kappa shape index (κ2) is 13.0. The van der Waals surface area contributed by atoms with Crippen molar-refractivity contribution in [3.8, 4) is 11.5 Å². The number of hydrogen-bond acceptors (Lipinski definition) is 5. The van der Waals surface area contributed by atoms with Gasteiger partial charge < -0.3 is 24.8 Å². The predicted octanol–water partition coefficient (Wildman–Crippen LogP) is 6.40. The number of unbranched alkanes of at least 4 members (excludes halogenated alkanes) is 3. The van der Waals surface area contributed by atoms with Crippen LogP contribution in [-0.2, 0) is 4.74 Å². The van der Waals surface area contributed by atoms with Crippen LogP contribution in [0.3, 0.4) is 0 Å². The first kappa shape index (κ1) is 24.7. The van der Waals surface area contributed by atoms with Gasteiger partial charge in [-0.25, -0.2) is 4.79 Å². The first-order valence-corrected chi connectivity index (χ1v) is 11.2. The summed E-state index contributed by atoms with van der Waals surface area (Å²) in [6, 6.07) is 10.8. The summed E-state index contributed by atoms with van der Waals surface area (Å²) in [5.74, 6) is 1.25. The van der Waals surface area contributed by atoms with Crippen molar-refractivity contribution in [3.05, 3.63) is 40.9 Å². The van der Waals surface area contributed by atoms with Gasteiger partial charge in [0.25, 0.3) is 0 Å². The van der Waals surface area contributed by atoms with Crippen LogP contribution in [0, 0.1) is 0 Å². The zero-order chi connectivity index (χ0) is 22.6. The van der Waals surface area contributed by atoms with E-state index in [-0.39, 0.29) is 0 Å². The number of anilines is 3. The first-order valence-electron chi connectivity index (χ1n) is 10.00. The number of rotatable bonds is 10. The molecule has 2 aromatic rings. The molecule has 0 spiro atoms. The monoisotopic (exact) mass is 509 g/mol. The third-order valence-electron chi connectivity index (χ3n) is 4.34. The van der Waals surface area contributed by atoms with E-state index < -0.39 is 6.09 Å². The Balaban J connectivity index is 1.86. The molecule has 0 radical (unpaired) electrons. The predicted molar refractivity (Wildman–Crippen MR) is 133 cm³/mol. The molecule has 2 rings (SSSR count). The van der Waals surface area contributed by atoms with Crippen LogP contribution >= 0.6 is 28.1 Å². The molecule has 0 atom stereocenters. The third-order valence-corrected chi connectivity index (χ3v) is 5.17. The van der Waals surface area contributed by atoms with E-state index in [9.17, 15) is 4.79 Å². The van der Waals surface area contributed by atoms with Gasteiger partial charge in [-0.1, -0.05) is 26.2 Å². The van der Waals surface area contributed by atoms with Gasteiger partial charge >= 0.3 is 6.09 Å².